The number of rotatable bonds is 9. The Morgan fingerprint density at radius 3 is 2.06 bits per heavy atom. The van der Waals surface area contributed by atoms with E-state index in [0.29, 0.717) is 6.42 Å². The standard InChI is InChI=1S/C25H30N2O5/c1-4-16(23(28)27-22(15(2)3)24(29)30)13-26-25(31)32-14-21-19-11-7-5-9-17(19)18-10-6-8-12-20(18)21/h5-12,15-16,21-22H,4,13-14H2,1-3H3,(H,26,31)(H,27,28)(H,29,30)/t16?,22-/m0/s1. The Morgan fingerprint density at radius 2 is 1.56 bits per heavy atom. The lowest BCUT2D eigenvalue weighted by atomic mass is 9.98. The lowest BCUT2D eigenvalue weighted by Gasteiger charge is -2.22. The fourth-order valence-corrected chi connectivity index (χ4v) is 4.06. The molecular formula is C25H30N2O5. The Morgan fingerprint density at radius 1 is 1.00 bits per heavy atom. The zero-order valence-corrected chi connectivity index (χ0v) is 18.6. The molecule has 2 aromatic rings. The van der Waals surface area contributed by atoms with Gasteiger partial charge in [0.1, 0.15) is 12.6 Å². The number of carboxylic acid groups (broad SMARTS) is 1. The van der Waals surface area contributed by atoms with Crippen LogP contribution in [0.4, 0.5) is 4.79 Å². The van der Waals surface area contributed by atoms with Gasteiger partial charge in [0.25, 0.3) is 0 Å². The number of benzene rings is 2. The van der Waals surface area contributed by atoms with E-state index in [-0.39, 0.29) is 25.0 Å². The van der Waals surface area contributed by atoms with E-state index in [1.165, 1.54) is 0 Å². The maximum Gasteiger partial charge on any atom is 0.407 e. The molecule has 3 N–H and O–H groups in total. The third-order valence-electron chi connectivity index (χ3n) is 5.93. The number of hydrogen-bond acceptors (Lipinski definition) is 4. The van der Waals surface area contributed by atoms with Crippen molar-refractivity contribution in [2.24, 2.45) is 11.8 Å². The van der Waals surface area contributed by atoms with E-state index < -0.39 is 29.9 Å². The number of alkyl carbamates (subject to hydrolysis) is 1. The monoisotopic (exact) mass is 438 g/mol. The summed E-state index contributed by atoms with van der Waals surface area (Å²) in [6.07, 6.45) is -0.142. The van der Waals surface area contributed by atoms with E-state index in [9.17, 15) is 19.5 Å². The van der Waals surface area contributed by atoms with Crippen molar-refractivity contribution in [3.8, 4) is 11.1 Å². The minimum Gasteiger partial charge on any atom is -0.480 e. The van der Waals surface area contributed by atoms with Crippen molar-refractivity contribution in [3.05, 3.63) is 59.7 Å². The van der Waals surface area contributed by atoms with E-state index in [0.717, 1.165) is 22.3 Å². The van der Waals surface area contributed by atoms with E-state index in [1.807, 2.05) is 43.3 Å². The van der Waals surface area contributed by atoms with Crippen LogP contribution in [-0.2, 0) is 14.3 Å². The highest BCUT2D eigenvalue weighted by atomic mass is 16.5. The smallest absolute Gasteiger partial charge is 0.407 e. The average molecular weight is 439 g/mol. The third-order valence-corrected chi connectivity index (χ3v) is 5.93. The first-order chi connectivity index (χ1) is 15.3. The topological polar surface area (TPSA) is 105 Å². The van der Waals surface area contributed by atoms with Gasteiger partial charge >= 0.3 is 12.1 Å². The van der Waals surface area contributed by atoms with Gasteiger partial charge in [-0.1, -0.05) is 69.3 Å². The van der Waals surface area contributed by atoms with Gasteiger partial charge in [0.2, 0.25) is 5.91 Å². The summed E-state index contributed by atoms with van der Waals surface area (Å²) in [6, 6.07) is 15.2. The maximum atomic E-state index is 12.5. The lowest BCUT2D eigenvalue weighted by Crippen LogP contribution is -2.48. The second-order valence-corrected chi connectivity index (χ2v) is 8.38. The molecule has 0 saturated heterocycles. The summed E-state index contributed by atoms with van der Waals surface area (Å²) in [7, 11) is 0. The first-order valence-corrected chi connectivity index (χ1v) is 11.0. The van der Waals surface area contributed by atoms with Gasteiger partial charge < -0.3 is 20.5 Å². The molecule has 2 aromatic carbocycles. The Bertz CT molecular complexity index is 942. The SMILES string of the molecule is CCC(CNC(=O)OCC1c2ccccc2-c2ccccc21)C(=O)N[C@H](C(=O)O)C(C)C. The number of amides is 2. The molecule has 0 fully saturated rings. The van der Waals surface area contributed by atoms with Crippen LogP contribution in [0.3, 0.4) is 0 Å². The van der Waals surface area contributed by atoms with E-state index in [2.05, 4.69) is 22.8 Å². The summed E-state index contributed by atoms with van der Waals surface area (Å²) >= 11 is 0. The van der Waals surface area contributed by atoms with Crippen molar-refractivity contribution in [3.63, 3.8) is 0 Å². The van der Waals surface area contributed by atoms with Crippen LogP contribution in [0.2, 0.25) is 0 Å². The van der Waals surface area contributed by atoms with E-state index in [1.54, 1.807) is 13.8 Å². The van der Waals surface area contributed by atoms with Gasteiger partial charge in [0.05, 0.1) is 5.92 Å². The highest BCUT2D eigenvalue weighted by molar-refractivity contribution is 5.85. The second kappa shape index (κ2) is 10.3. The van der Waals surface area contributed by atoms with Gasteiger partial charge in [-0.3, -0.25) is 4.79 Å². The molecule has 1 unspecified atom stereocenters. The van der Waals surface area contributed by atoms with Gasteiger partial charge in [-0.05, 0) is 34.6 Å². The van der Waals surface area contributed by atoms with Crippen LogP contribution in [0.1, 0.15) is 44.2 Å². The molecule has 0 heterocycles. The molecule has 2 amide bonds. The summed E-state index contributed by atoms with van der Waals surface area (Å²) in [4.78, 5) is 36.2. The predicted molar refractivity (Wildman–Crippen MR) is 121 cm³/mol. The van der Waals surface area contributed by atoms with E-state index in [4.69, 9.17) is 4.74 Å². The van der Waals surface area contributed by atoms with Gasteiger partial charge in [0.15, 0.2) is 0 Å². The van der Waals surface area contributed by atoms with Crippen molar-refractivity contribution >= 4 is 18.0 Å². The summed E-state index contributed by atoms with van der Waals surface area (Å²) < 4.78 is 5.50. The van der Waals surface area contributed by atoms with Crippen molar-refractivity contribution in [1.29, 1.82) is 0 Å². The van der Waals surface area contributed by atoms with Crippen molar-refractivity contribution in [1.82, 2.24) is 10.6 Å². The summed E-state index contributed by atoms with van der Waals surface area (Å²) in [6.45, 7) is 5.54. The van der Waals surface area contributed by atoms with Crippen LogP contribution >= 0.6 is 0 Å². The first kappa shape index (κ1) is 23.3. The van der Waals surface area contributed by atoms with Crippen LogP contribution < -0.4 is 10.6 Å². The normalized spacial score (nSPS) is 14.2. The van der Waals surface area contributed by atoms with Gasteiger partial charge in [-0.2, -0.15) is 0 Å². The highest BCUT2D eigenvalue weighted by Crippen LogP contribution is 2.44. The van der Waals surface area contributed by atoms with Gasteiger partial charge in [-0.25, -0.2) is 9.59 Å². The van der Waals surface area contributed by atoms with Crippen molar-refractivity contribution in [2.45, 2.75) is 39.2 Å². The predicted octanol–water partition coefficient (Wildman–Crippen LogP) is 3.78. The Labute approximate surface area is 188 Å². The highest BCUT2D eigenvalue weighted by Gasteiger charge is 2.30. The molecule has 170 valence electrons. The molecule has 0 bridgehead atoms. The minimum atomic E-state index is -1.08. The fourth-order valence-electron chi connectivity index (χ4n) is 4.06. The molecular weight excluding hydrogens is 408 g/mol. The molecule has 1 aliphatic carbocycles. The third kappa shape index (κ3) is 5.10. The van der Waals surface area contributed by atoms with Crippen LogP contribution in [0.5, 0.6) is 0 Å². The molecule has 1 aliphatic rings. The van der Waals surface area contributed by atoms with Gasteiger partial charge in [-0.15, -0.1) is 0 Å². The summed E-state index contributed by atoms with van der Waals surface area (Å²) in [5, 5.41) is 14.5. The molecule has 0 saturated carbocycles. The summed E-state index contributed by atoms with van der Waals surface area (Å²) in [5.74, 6) is -2.30. The van der Waals surface area contributed by atoms with E-state index >= 15 is 0 Å². The number of hydrogen-bond donors (Lipinski definition) is 3. The number of carbonyl (C=O) groups excluding carboxylic acids is 2. The summed E-state index contributed by atoms with van der Waals surface area (Å²) in [5.41, 5.74) is 4.55. The van der Waals surface area contributed by atoms with Gasteiger partial charge in [0, 0.05) is 12.5 Å². The first-order valence-electron chi connectivity index (χ1n) is 11.0. The zero-order chi connectivity index (χ0) is 23.3. The molecule has 0 aromatic heterocycles. The zero-order valence-electron chi connectivity index (χ0n) is 18.6. The second-order valence-electron chi connectivity index (χ2n) is 8.38. The molecule has 0 radical (unpaired) electrons. The lowest BCUT2D eigenvalue weighted by molar-refractivity contribution is -0.143. The van der Waals surface area contributed by atoms with Crippen molar-refractivity contribution in [2.75, 3.05) is 13.2 Å². The molecule has 7 heteroatoms. The number of carboxylic acids is 1. The van der Waals surface area contributed by atoms with Crippen LogP contribution in [0, 0.1) is 11.8 Å². The van der Waals surface area contributed by atoms with Crippen LogP contribution in [0.25, 0.3) is 11.1 Å². The average Bonchev–Trinajstić information content (AvgIpc) is 3.09. The fraction of sp³-hybridized carbons (Fsp3) is 0.400. The molecule has 0 aliphatic heterocycles. The Balaban J connectivity index is 1.56. The minimum absolute atomic E-state index is 0.0409. The van der Waals surface area contributed by atoms with Crippen LogP contribution in [-0.4, -0.2) is 42.3 Å². The largest absolute Gasteiger partial charge is 0.480 e. The number of fused-ring (bicyclic) bond motifs is 3. The number of carbonyl (C=O) groups is 3. The van der Waals surface area contributed by atoms with Crippen LogP contribution in [0.15, 0.2) is 48.5 Å². The number of nitrogens with one attached hydrogen (secondary N) is 2. The van der Waals surface area contributed by atoms with Crippen molar-refractivity contribution < 1.29 is 24.2 Å². The molecule has 32 heavy (non-hydrogen) atoms. The number of aliphatic carboxylic acids is 1. The maximum absolute atomic E-state index is 12.5. The molecule has 2 atom stereocenters. The quantitative estimate of drug-likeness (QED) is 0.553. The molecule has 7 nitrogen and oxygen atoms in total. The number of ether oxygens (including phenoxy) is 1. The molecule has 3 rings (SSSR count). The molecule has 0 spiro atoms. The Kier molecular flexibility index (Phi) is 7.51. The Hall–Kier alpha value is -3.35.